The van der Waals surface area contributed by atoms with Crippen molar-refractivity contribution in [1.29, 1.82) is 0 Å². The van der Waals surface area contributed by atoms with Crippen LogP contribution >= 0.6 is 11.3 Å². The second-order valence-corrected chi connectivity index (χ2v) is 6.56. The highest BCUT2D eigenvalue weighted by molar-refractivity contribution is 7.11. The van der Waals surface area contributed by atoms with Crippen molar-refractivity contribution in [2.24, 2.45) is 0 Å². The van der Waals surface area contributed by atoms with Gasteiger partial charge in [-0.15, -0.1) is 0 Å². The van der Waals surface area contributed by atoms with E-state index in [1.807, 2.05) is 38.1 Å². The average Bonchev–Trinajstić information content (AvgIpc) is 3.22. The quantitative estimate of drug-likeness (QED) is 0.943. The average molecular weight is 302 g/mol. The third-order valence-corrected chi connectivity index (χ3v) is 4.80. The van der Waals surface area contributed by atoms with E-state index < -0.39 is 0 Å². The summed E-state index contributed by atoms with van der Waals surface area (Å²) in [4.78, 5) is 24.7. The van der Waals surface area contributed by atoms with Crippen LogP contribution in [0.3, 0.4) is 0 Å². The van der Waals surface area contributed by atoms with Gasteiger partial charge >= 0.3 is 4.87 Å². The molecule has 4 nitrogen and oxygen atoms in total. The molecule has 0 aliphatic heterocycles. The van der Waals surface area contributed by atoms with Gasteiger partial charge in [0.2, 0.25) is 0 Å². The van der Waals surface area contributed by atoms with E-state index in [4.69, 9.17) is 0 Å². The highest BCUT2D eigenvalue weighted by Gasteiger charge is 2.26. The Balaban J connectivity index is 1.85. The first-order chi connectivity index (χ1) is 10.0. The fraction of sp³-hybridized carbons (Fsp3) is 0.375. The van der Waals surface area contributed by atoms with Gasteiger partial charge < -0.3 is 5.32 Å². The van der Waals surface area contributed by atoms with Crippen molar-refractivity contribution < 1.29 is 4.79 Å². The number of benzene rings is 1. The van der Waals surface area contributed by atoms with Gasteiger partial charge in [0.05, 0.1) is 6.54 Å². The van der Waals surface area contributed by atoms with Crippen molar-refractivity contribution in [1.82, 2.24) is 9.88 Å². The van der Waals surface area contributed by atoms with Crippen LogP contribution in [0.1, 0.15) is 39.3 Å². The van der Waals surface area contributed by atoms with Crippen molar-refractivity contribution in [2.45, 2.75) is 39.3 Å². The van der Waals surface area contributed by atoms with Crippen LogP contribution in [-0.4, -0.2) is 16.5 Å². The molecule has 0 saturated heterocycles. The smallest absolute Gasteiger partial charge is 0.308 e. The van der Waals surface area contributed by atoms with Gasteiger partial charge in [-0.05, 0) is 32.3 Å². The van der Waals surface area contributed by atoms with E-state index in [2.05, 4.69) is 5.32 Å². The number of aromatic nitrogens is 1. The van der Waals surface area contributed by atoms with Crippen molar-refractivity contribution in [3.63, 3.8) is 0 Å². The van der Waals surface area contributed by atoms with Gasteiger partial charge in [-0.2, -0.15) is 0 Å². The highest BCUT2D eigenvalue weighted by Crippen LogP contribution is 2.21. The molecule has 0 spiro atoms. The lowest BCUT2D eigenvalue weighted by molar-refractivity contribution is 0.0954. The summed E-state index contributed by atoms with van der Waals surface area (Å²) in [6, 6.07) is 8.40. The maximum absolute atomic E-state index is 12.1. The highest BCUT2D eigenvalue weighted by atomic mass is 32.1. The predicted octanol–water partition coefficient (Wildman–Crippen LogP) is 2.47. The second kappa shape index (κ2) is 5.48. The molecule has 110 valence electrons. The van der Waals surface area contributed by atoms with E-state index in [0.29, 0.717) is 17.5 Å². The van der Waals surface area contributed by atoms with Crippen molar-refractivity contribution >= 4 is 17.2 Å². The van der Waals surface area contributed by atoms with Gasteiger partial charge in [0, 0.05) is 11.7 Å². The number of hydrogen-bond acceptors (Lipinski definition) is 3. The third-order valence-electron chi connectivity index (χ3n) is 3.72. The molecule has 1 heterocycles. The molecule has 1 N–H and O–H groups in total. The Bertz CT molecular complexity index is 724. The van der Waals surface area contributed by atoms with Gasteiger partial charge in [-0.25, -0.2) is 0 Å². The maximum Gasteiger partial charge on any atom is 0.308 e. The Morgan fingerprint density at radius 1 is 1.29 bits per heavy atom. The van der Waals surface area contributed by atoms with Crippen molar-refractivity contribution in [3.05, 3.63) is 55.6 Å². The van der Waals surface area contributed by atoms with Crippen LogP contribution in [0, 0.1) is 13.8 Å². The molecule has 1 saturated carbocycles. The molecular weight excluding hydrogens is 284 g/mol. The number of amides is 1. The number of rotatable bonds is 4. The van der Waals surface area contributed by atoms with Gasteiger partial charge in [0.15, 0.2) is 0 Å². The molecule has 0 atom stereocenters. The van der Waals surface area contributed by atoms with Crippen LogP contribution in [0.4, 0.5) is 0 Å². The normalized spacial score (nSPS) is 14.2. The fourth-order valence-electron chi connectivity index (χ4n) is 2.22. The third kappa shape index (κ3) is 3.08. The molecule has 1 aromatic heterocycles. The number of thiazole rings is 1. The molecule has 1 aromatic carbocycles. The molecule has 1 fully saturated rings. The lowest BCUT2D eigenvalue weighted by atomic mass is 10.1. The van der Waals surface area contributed by atoms with Crippen molar-refractivity contribution in [2.75, 3.05) is 0 Å². The first kappa shape index (κ1) is 14.1. The molecule has 1 aliphatic carbocycles. The van der Waals surface area contributed by atoms with Gasteiger partial charge in [-0.1, -0.05) is 41.2 Å². The first-order valence-electron chi connectivity index (χ1n) is 7.11. The largest absolute Gasteiger partial charge is 0.349 e. The summed E-state index contributed by atoms with van der Waals surface area (Å²) in [5.74, 6) is -0.111. The van der Waals surface area contributed by atoms with Crippen LogP contribution in [0.2, 0.25) is 0 Å². The number of carbonyl (C=O) groups is 1. The zero-order chi connectivity index (χ0) is 15.0. The van der Waals surface area contributed by atoms with Crippen molar-refractivity contribution in [3.8, 4) is 0 Å². The molecular formula is C16H18N2O2S. The molecule has 5 heteroatoms. The summed E-state index contributed by atoms with van der Waals surface area (Å²) >= 11 is 1.04. The number of nitrogens with zero attached hydrogens (tertiary/aromatic N) is 1. The summed E-state index contributed by atoms with van der Waals surface area (Å²) < 4.78 is 1.68. The van der Waals surface area contributed by atoms with E-state index >= 15 is 0 Å². The minimum atomic E-state index is -0.111. The SMILES string of the molecule is Cc1ccc(Cn2c(C)c(C(=O)NC3CC3)sc2=O)cc1. The summed E-state index contributed by atoms with van der Waals surface area (Å²) in [6.45, 7) is 4.39. The summed E-state index contributed by atoms with van der Waals surface area (Å²) in [7, 11) is 0. The predicted molar refractivity (Wildman–Crippen MR) is 84.1 cm³/mol. The Labute approximate surface area is 127 Å². The molecule has 0 unspecified atom stereocenters. The topological polar surface area (TPSA) is 51.1 Å². The fourth-order valence-corrected chi connectivity index (χ4v) is 3.12. The van der Waals surface area contributed by atoms with E-state index in [9.17, 15) is 9.59 Å². The summed E-state index contributed by atoms with van der Waals surface area (Å²) in [5, 5.41) is 2.94. The molecule has 21 heavy (non-hydrogen) atoms. The van der Waals surface area contributed by atoms with Crippen LogP contribution in [-0.2, 0) is 6.54 Å². The monoisotopic (exact) mass is 302 g/mol. The van der Waals surface area contributed by atoms with Crippen LogP contribution in [0.5, 0.6) is 0 Å². The second-order valence-electron chi connectivity index (χ2n) is 5.60. The molecule has 3 rings (SSSR count). The molecule has 1 amide bonds. The van der Waals surface area contributed by atoms with Crippen LogP contribution in [0.15, 0.2) is 29.1 Å². The zero-order valence-electron chi connectivity index (χ0n) is 12.2. The lowest BCUT2D eigenvalue weighted by Crippen LogP contribution is -2.25. The number of aryl methyl sites for hydroxylation is 1. The molecule has 0 radical (unpaired) electrons. The zero-order valence-corrected chi connectivity index (χ0v) is 13.0. The molecule has 0 bridgehead atoms. The minimum absolute atomic E-state index is 0.0750. The van der Waals surface area contributed by atoms with Gasteiger partial charge in [-0.3, -0.25) is 14.2 Å². The summed E-state index contributed by atoms with van der Waals surface area (Å²) in [6.07, 6.45) is 2.09. The molecule has 1 aliphatic rings. The Hall–Kier alpha value is -1.88. The standard InChI is InChI=1S/C16H18N2O2S/c1-10-3-5-12(6-4-10)9-18-11(2)14(21-16(18)20)15(19)17-13-7-8-13/h3-6,13H,7-9H2,1-2H3,(H,17,19). The Morgan fingerprint density at radius 3 is 2.57 bits per heavy atom. The summed E-state index contributed by atoms with van der Waals surface area (Å²) in [5.41, 5.74) is 3.01. The number of hydrogen-bond donors (Lipinski definition) is 1. The Morgan fingerprint density at radius 2 is 1.95 bits per heavy atom. The van der Waals surface area contributed by atoms with E-state index in [1.165, 1.54) is 5.56 Å². The van der Waals surface area contributed by atoms with Gasteiger partial charge in [0.1, 0.15) is 4.88 Å². The maximum atomic E-state index is 12.1. The Kier molecular flexibility index (Phi) is 3.68. The van der Waals surface area contributed by atoms with Gasteiger partial charge in [0.25, 0.3) is 5.91 Å². The number of nitrogens with one attached hydrogen (secondary N) is 1. The van der Waals surface area contributed by atoms with Crippen LogP contribution in [0.25, 0.3) is 0 Å². The van der Waals surface area contributed by atoms with E-state index in [0.717, 1.165) is 35.4 Å². The molecule has 2 aromatic rings. The van der Waals surface area contributed by atoms with E-state index in [1.54, 1.807) is 4.57 Å². The van der Waals surface area contributed by atoms with E-state index in [-0.39, 0.29) is 10.8 Å². The van der Waals surface area contributed by atoms with Crippen LogP contribution < -0.4 is 10.2 Å². The first-order valence-corrected chi connectivity index (χ1v) is 7.93. The number of carbonyl (C=O) groups excluding carboxylic acids is 1. The minimum Gasteiger partial charge on any atom is -0.349 e. The lowest BCUT2D eigenvalue weighted by Gasteiger charge is -2.06.